The highest BCUT2D eigenvalue weighted by Crippen LogP contribution is 2.26. The standard InChI is InChI=1S/C13H24N2O/c1-4-6-7-8-10-12(9-5-2)13-15-14-11(3)16-13/h12H,4-10H2,1-3H3. The largest absolute Gasteiger partial charge is 0.425 e. The summed E-state index contributed by atoms with van der Waals surface area (Å²) in [6.45, 7) is 6.31. The van der Waals surface area contributed by atoms with E-state index in [1.54, 1.807) is 0 Å². The highest BCUT2D eigenvalue weighted by Gasteiger charge is 2.16. The van der Waals surface area contributed by atoms with Crippen LogP contribution in [0.2, 0.25) is 0 Å². The molecule has 16 heavy (non-hydrogen) atoms. The number of rotatable bonds is 8. The Kier molecular flexibility index (Phi) is 6.12. The van der Waals surface area contributed by atoms with Gasteiger partial charge in [0.25, 0.3) is 0 Å². The van der Waals surface area contributed by atoms with Gasteiger partial charge in [-0.05, 0) is 12.8 Å². The molecule has 1 aromatic rings. The second-order valence-corrected chi connectivity index (χ2v) is 4.49. The molecule has 1 heterocycles. The van der Waals surface area contributed by atoms with Crippen molar-refractivity contribution in [1.29, 1.82) is 0 Å². The van der Waals surface area contributed by atoms with Crippen LogP contribution >= 0.6 is 0 Å². The maximum absolute atomic E-state index is 5.53. The molecule has 0 bridgehead atoms. The Morgan fingerprint density at radius 2 is 1.81 bits per heavy atom. The van der Waals surface area contributed by atoms with E-state index in [4.69, 9.17) is 4.42 Å². The Hall–Kier alpha value is -0.860. The number of hydrogen-bond acceptors (Lipinski definition) is 3. The van der Waals surface area contributed by atoms with E-state index in [0.29, 0.717) is 11.8 Å². The zero-order valence-corrected chi connectivity index (χ0v) is 10.8. The Balaban J connectivity index is 2.41. The summed E-state index contributed by atoms with van der Waals surface area (Å²) in [4.78, 5) is 0. The van der Waals surface area contributed by atoms with Crippen LogP contribution in [0.4, 0.5) is 0 Å². The summed E-state index contributed by atoms with van der Waals surface area (Å²) in [5.41, 5.74) is 0. The molecule has 1 rings (SSSR count). The fraction of sp³-hybridized carbons (Fsp3) is 0.846. The molecule has 0 amide bonds. The fourth-order valence-corrected chi connectivity index (χ4v) is 2.03. The molecule has 0 radical (unpaired) electrons. The molecule has 92 valence electrons. The van der Waals surface area contributed by atoms with Crippen molar-refractivity contribution in [3.05, 3.63) is 11.8 Å². The smallest absolute Gasteiger partial charge is 0.219 e. The topological polar surface area (TPSA) is 38.9 Å². The average Bonchev–Trinajstić information content (AvgIpc) is 2.69. The maximum Gasteiger partial charge on any atom is 0.219 e. The summed E-state index contributed by atoms with van der Waals surface area (Å²) >= 11 is 0. The van der Waals surface area contributed by atoms with Crippen LogP contribution in [0.5, 0.6) is 0 Å². The molecule has 0 aliphatic rings. The van der Waals surface area contributed by atoms with Crippen molar-refractivity contribution >= 4 is 0 Å². The third kappa shape index (κ3) is 4.33. The monoisotopic (exact) mass is 224 g/mol. The third-order valence-corrected chi connectivity index (χ3v) is 2.93. The minimum Gasteiger partial charge on any atom is -0.425 e. The molecule has 0 saturated carbocycles. The van der Waals surface area contributed by atoms with Crippen LogP contribution in [-0.4, -0.2) is 10.2 Å². The van der Waals surface area contributed by atoms with Gasteiger partial charge in [-0.1, -0.05) is 46.0 Å². The van der Waals surface area contributed by atoms with Gasteiger partial charge >= 0.3 is 0 Å². The molecule has 1 aromatic heterocycles. The summed E-state index contributed by atoms with van der Waals surface area (Å²) in [5, 5.41) is 8.06. The van der Waals surface area contributed by atoms with Crippen LogP contribution in [0.3, 0.4) is 0 Å². The first-order valence-corrected chi connectivity index (χ1v) is 6.57. The summed E-state index contributed by atoms with van der Waals surface area (Å²) in [6, 6.07) is 0. The first-order chi connectivity index (χ1) is 7.77. The van der Waals surface area contributed by atoms with Gasteiger partial charge in [0, 0.05) is 12.8 Å². The van der Waals surface area contributed by atoms with E-state index in [0.717, 1.165) is 12.3 Å². The van der Waals surface area contributed by atoms with E-state index < -0.39 is 0 Å². The Morgan fingerprint density at radius 3 is 2.38 bits per heavy atom. The lowest BCUT2D eigenvalue weighted by atomic mass is 9.96. The van der Waals surface area contributed by atoms with Crippen LogP contribution in [0.25, 0.3) is 0 Å². The summed E-state index contributed by atoms with van der Waals surface area (Å²) in [6.07, 6.45) is 8.76. The molecule has 0 fully saturated rings. The molecule has 3 nitrogen and oxygen atoms in total. The summed E-state index contributed by atoms with van der Waals surface area (Å²) in [7, 11) is 0. The van der Waals surface area contributed by atoms with E-state index in [9.17, 15) is 0 Å². The van der Waals surface area contributed by atoms with E-state index >= 15 is 0 Å². The minimum atomic E-state index is 0.475. The molecule has 0 aromatic carbocycles. The van der Waals surface area contributed by atoms with Gasteiger partial charge in [0.2, 0.25) is 11.8 Å². The maximum atomic E-state index is 5.53. The van der Waals surface area contributed by atoms with Crippen molar-refractivity contribution in [2.24, 2.45) is 0 Å². The number of hydrogen-bond donors (Lipinski definition) is 0. The molecule has 0 spiro atoms. The van der Waals surface area contributed by atoms with E-state index in [1.165, 1.54) is 38.5 Å². The van der Waals surface area contributed by atoms with Gasteiger partial charge in [-0.2, -0.15) is 0 Å². The number of nitrogens with zero attached hydrogens (tertiary/aromatic N) is 2. The van der Waals surface area contributed by atoms with Crippen LogP contribution < -0.4 is 0 Å². The van der Waals surface area contributed by atoms with Gasteiger partial charge in [0.15, 0.2) is 0 Å². The normalized spacial score (nSPS) is 12.9. The average molecular weight is 224 g/mol. The molecular formula is C13H24N2O. The van der Waals surface area contributed by atoms with Crippen LogP contribution in [-0.2, 0) is 0 Å². The first kappa shape index (κ1) is 13.2. The molecule has 1 unspecified atom stereocenters. The third-order valence-electron chi connectivity index (χ3n) is 2.93. The highest BCUT2D eigenvalue weighted by molar-refractivity contribution is 4.90. The van der Waals surface area contributed by atoms with Crippen LogP contribution in [0.15, 0.2) is 4.42 Å². The van der Waals surface area contributed by atoms with Gasteiger partial charge in [0.05, 0.1) is 0 Å². The summed E-state index contributed by atoms with van der Waals surface area (Å²) < 4.78 is 5.53. The quantitative estimate of drug-likeness (QED) is 0.620. The molecule has 0 N–H and O–H groups in total. The Bertz CT molecular complexity index is 283. The summed E-state index contributed by atoms with van der Waals surface area (Å²) in [5.74, 6) is 2.00. The van der Waals surface area contributed by atoms with Crippen molar-refractivity contribution in [3.63, 3.8) is 0 Å². The van der Waals surface area contributed by atoms with E-state index in [1.807, 2.05) is 6.92 Å². The van der Waals surface area contributed by atoms with Crippen molar-refractivity contribution in [3.8, 4) is 0 Å². The lowest BCUT2D eigenvalue weighted by Gasteiger charge is -2.11. The van der Waals surface area contributed by atoms with Crippen LogP contribution in [0, 0.1) is 6.92 Å². The number of aromatic nitrogens is 2. The zero-order valence-electron chi connectivity index (χ0n) is 10.8. The van der Waals surface area contributed by atoms with Crippen molar-refractivity contribution in [1.82, 2.24) is 10.2 Å². The van der Waals surface area contributed by atoms with Gasteiger partial charge in [-0.15, -0.1) is 10.2 Å². The van der Waals surface area contributed by atoms with Gasteiger partial charge in [-0.25, -0.2) is 0 Å². The Labute approximate surface area is 98.6 Å². The number of aryl methyl sites for hydroxylation is 1. The fourth-order valence-electron chi connectivity index (χ4n) is 2.03. The lowest BCUT2D eigenvalue weighted by molar-refractivity contribution is 0.390. The molecule has 3 heteroatoms. The second kappa shape index (κ2) is 7.42. The first-order valence-electron chi connectivity index (χ1n) is 6.57. The molecule has 0 aliphatic heterocycles. The van der Waals surface area contributed by atoms with E-state index in [-0.39, 0.29) is 0 Å². The molecule has 0 aliphatic carbocycles. The van der Waals surface area contributed by atoms with Crippen molar-refractivity contribution in [2.75, 3.05) is 0 Å². The Morgan fingerprint density at radius 1 is 1.00 bits per heavy atom. The van der Waals surface area contributed by atoms with Crippen molar-refractivity contribution in [2.45, 2.75) is 71.6 Å². The van der Waals surface area contributed by atoms with Crippen molar-refractivity contribution < 1.29 is 4.42 Å². The minimum absolute atomic E-state index is 0.475. The lowest BCUT2D eigenvalue weighted by Crippen LogP contribution is -1.99. The SMILES string of the molecule is CCCCCCC(CCC)c1nnc(C)o1. The zero-order chi connectivity index (χ0) is 11.8. The second-order valence-electron chi connectivity index (χ2n) is 4.49. The van der Waals surface area contributed by atoms with E-state index in [2.05, 4.69) is 24.0 Å². The molecule has 1 atom stereocenters. The highest BCUT2D eigenvalue weighted by atomic mass is 16.4. The van der Waals surface area contributed by atoms with Gasteiger partial charge in [0.1, 0.15) is 0 Å². The molecule has 0 saturated heterocycles. The predicted octanol–water partition coefficient (Wildman–Crippen LogP) is 4.23. The predicted molar refractivity (Wildman–Crippen MR) is 65.4 cm³/mol. The van der Waals surface area contributed by atoms with Crippen LogP contribution in [0.1, 0.15) is 76.5 Å². The number of unbranched alkanes of at least 4 members (excludes halogenated alkanes) is 3. The van der Waals surface area contributed by atoms with Gasteiger partial charge in [-0.3, -0.25) is 0 Å². The van der Waals surface area contributed by atoms with Gasteiger partial charge < -0.3 is 4.42 Å². The molecular weight excluding hydrogens is 200 g/mol.